The monoisotopic (exact) mass is 333 g/mol. The van der Waals surface area contributed by atoms with Gasteiger partial charge in [0.05, 0.1) is 10.5 Å². The van der Waals surface area contributed by atoms with Crippen molar-refractivity contribution >= 4 is 25.6 Å². The highest BCUT2D eigenvalue weighted by Gasteiger charge is 2.39. The average Bonchev–Trinajstić information content (AvgIpc) is 3.14. The van der Waals surface area contributed by atoms with Gasteiger partial charge in [-0.15, -0.1) is 0 Å². The topological polar surface area (TPSA) is 63.2 Å². The summed E-state index contributed by atoms with van der Waals surface area (Å²) >= 11 is 0. The molecule has 0 aliphatic heterocycles. The van der Waals surface area contributed by atoms with E-state index in [0.717, 1.165) is 25.0 Å². The Kier molecular flexibility index (Phi) is 4.06. The van der Waals surface area contributed by atoms with Crippen molar-refractivity contribution in [2.24, 2.45) is 5.92 Å². The van der Waals surface area contributed by atoms with Gasteiger partial charge in [0.1, 0.15) is 5.82 Å². The number of hydrogen-bond donors (Lipinski definition) is 1. The van der Waals surface area contributed by atoms with Gasteiger partial charge in [-0.2, -0.15) is 0 Å². The van der Waals surface area contributed by atoms with E-state index in [1.807, 2.05) is 13.8 Å². The van der Waals surface area contributed by atoms with Gasteiger partial charge in [-0.05, 0) is 57.2 Å². The second-order valence-corrected chi connectivity index (χ2v) is 8.56. The third kappa shape index (κ3) is 3.55. The van der Waals surface area contributed by atoms with E-state index in [1.165, 1.54) is 6.92 Å². The Bertz CT molecular complexity index is 696. The van der Waals surface area contributed by atoms with Crippen LogP contribution in [0.3, 0.4) is 0 Å². The Morgan fingerprint density at radius 3 is 2.43 bits per heavy atom. The SMILES string of the molecule is Cc1cc(S(=O)(=O)Cl)cc(C(=O)NC(C)(C)C2CC2)c1F. The molecule has 0 unspecified atom stereocenters. The summed E-state index contributed by atoms with van der Waals surface area (Å²) in [6.45, 7) is 5.13. The largest absolute Gasteiger partial charge is 0.347 e. The summed E-state index contributed by atoms with van der Waals surface area (Å²) in [4.78, 5) is 12.0. The molecule has 7 heteroatoms. The number of nitrogens with one attached hydrogen (secondary N) is 1. The quantitative estimate of drug-likeness (QED) is 0.862. The van der Waals surface area contributed by atoms with Crippen molar-refractivity contribution in [1.29, 1.82) is 0 Å². The minimum absolute atomic E-state index is 0.0612. The number of halogens is 2. The molecule has 116 valence electrons. The van der Waals surface area contributed by atoms with E-state index >= 15 is 0 Å². The van der Waals surface area contributed by atoms with E-state index in [-0.39, 0.29) is 16.0 Å². The minimum atomic E-state index is -4.02. The number of carbonyl (C=O) groups is 1. The van der Waals surface area contributed by atoms with Gasteiger partial charge in [0.2, 0.25) is 0 Å². The zero-order valence-electron chi connectivity index (χ0n) is 12.0. The Balaban J connectivity index is 2.38. The summed E-state index contributed by atoms with van der Waals surface area (Å²) in [6, 6.07) is 2.09. The molecule has 0 bridgehead atoms. The van der Waals surface area contributed by atoms with Crippen LogP contribution in [0.5, 0.6) is 0 Å². The molecule has 1 aliphatic carbocycles. The maximum atomic E-state index is 14.1. The lowest BCUT2D eigenvalue weighted by Crippen LogP contribution is -2.45. The molecular weight excluding hydrogens is 317 g/mol. The lowest BCUT2D eigenvalue weighted by molar-refractivity contribution is 0.0898. The summed E-state index contributed by atoms with van der Waals surface area (Å²) in [5.74, 6) is -0.997. The van der Waals surface area contributed by atoms with Gasteiger partial charge in [0.25, 0.3) is 15.0 Å². The first-order valence-electron chi connectivity index (χ1n) is 6.59. The average molecular weight is 334 g/mol. The fourth-order valence-corrected chi connectivity index (χ4v) is 3.15. The van der Waals surface area contributed by atoms with Crippen molar-refractivity contribution in [2.75, 3.05) is 0 Å². The summed E-state index contributed by atoms with van der Waals surface area (Å²) < 4.78 is 36.9. The molecule has 0 aromatic heterocycles. The molecule has 1 aromatic rings. The molecule has 21 heavy (non-hydrogen) atoms. The minimum Gasteiger partial charge on any atom is -0.347 e. The highest BCUT2D eigenvalue weighted by atomic mass is 35.7. The fourth-order valence-electron chi connectivity index (χ4n) is 2.31. The van der Waals surface area contributed by atoms with E-state index in [0.29, 0.717) is 5.92 Å². The van der Waals surface area contributed by atoms with Crippen molar-refractivity contribution in [3.05, 3.63) is 29.1 Å². The first-order chi connectivity index (χ1) is 9.52. The van der Waals surface area contributed by atoms with Gasteiger partial charge >= 0.3 is 0 Å². The smallest absolute Gasteiger partial charge is 0.261 e. The van der Waals surface area contributed by atoms with Gasteiger partial charge in [0, 0.05) is 16.2 Å². The van der Waals surface area contributed by atoms with Gasteiger partial charge in [-0.25, -0.2) is 12.8 Å². The van der Waals surface area contributed by atoms with E-state index in [9.17, 15) is 17.6 Å². The number of benzene rings is 1. The van der Waals surface area contributed by atoms with Crippen LogP contribution in [0.25, 0.3) is 0 Å². The predicted octanol–water partition coefficient (Wildman–Crippen LogP) is 2.98. The van der Waals surface area contributed by atoms with Gasteiger partial charge in [0.15, 0.2) is 0 Å². The van der Waals surface area contributed by atoms with E-state index in [1.54, 1.807) is 0 Å². The molecule has 1 amide bonds. The van der Waals surface area contributed by atoms with Crippen LogP contribution in [0.2, 0.25) is 0 Å². The summed E-state index contributed by atoms with van der Waals surface area (Å²) in [6.07, 6.45) is 2.04. The molecule has 0 saturated heterocycles. The summed E-state index contributed by atoms with van der Waals surface area (Å²) in [5.41, 5.74) is -0.693. The molecule has 2 rings (SSSR count). The van der Waals surface area contributed by atoms with Crippen molar-refractivity contribution in [3.63, 3.8) is 0 Å². The number of rotatable bonds is 4. The van der Waals surface area contributed by atoms with E-state index < -0.39 is 26.3 Å². The highest BCUT2D eigenvalue weighted by molar-refractivity contribution is 8.13. The third-order valence-corrected chi connectivity index (χ3v) is 5.12. The molecule has 1 fully saturated rings. The van der Waals surface area contributed by atoms with Crippen molar-refractivity contribution in [1.82, 2.24) is 5.32 Å². The molecule has 0 spiro atoms. The molecule has 0 atom stereocenters. The van der Waals surface area contributed by atoms with Crippen molar-refractivity contribution in [2.45, 2.75) is 44.0 Å². The number of amides is 1. The van der Waals surface area contributed by atoms with E-state index in [4.69, 9.17) is 10.7 Å². The van der Waals surface area contributed by atoms with Gasteiger partial charge in [-0.1, -0.05) is 0 Å². The fraction of sp³-hybridized carbons (Fsp3) is 0.500. The molecule has 1 N–H and O–H groups in total. The highest BCUT2D eigenvalue weighted by Crippen LogP contribution is 2.39. The Hall–Kier alpha value is -1.14. The van der Waals surface area contributed by atoms with Crippen molar-refractivity contribution in [3.8, 4) is 0 Å². The lowest BCUT2D eigenvalue weighted by atomic mass is 9.98. The molecule has 1 aromatic carbocycles. The normalized spacial score (nSPS) is 15.9. The van der Waals surface area contributed by atoms with Crippen LogP contribution in [-0.4, -0.2) is 19.9 Å². The number of carbonyl (C=O) groups excluding carboxylic acids is 1. The maximum Gasteiger partial charge on any atom is 0.261 e. The van der Waals surface area contributed by atoms with Crippen LogP contribution in [0.4, 0.5) is 4.39 Å². The van der Waals surface area contributed by atoms with Crippen molar-refractivity contribution < 1.29 is 17.6 Å². The molecule has 0 heterocycles. The van der Waals surface area contributed by atoms with Crippen LogP contribution < -0.4 is 5.32 Å². The van der Waals surface area contributed by atoms with Crippen LogP contribution in [0.15, 0.2) is 17.0 Å². The van der Waals surface area contributed by atoms with Crippen LogP contribution in [0.1, 0.15) is 42.6 Å². The Labute approximate surface area is 128 Å². The molecule has 1 saturated carbocycles. The molecular formula is C14H17ClFNO3S. The lowest BCUT2D eigenvalue weighted by Gasteiger charge is -2.26. The Morgan fingerprint density at radius 1 is 1.38 bits per heavy atom. The summed E-state index contributed by atoms with van der Waals surface area (Å²) in [5, 5.41) is 2.76. The summed E-state index contributed by atoms with van der Waals surface area (Å²) in [7, 11) is 1.25. The second kappa shape index (κ2) is 5.25. The number of aryl methyl sites for hydroxylation is 1. The maximum absolute atomic E-state index is 14.1. The van der Waals surface area contributed by atoms with Crippen LogP contribution in [0, 0.1) is 18.7 Å². The first kappa shape index (κ1) is 16.2. The van der Waals surface area contributed by atoms with Crippen LogP contribution >= 0.6 is 10.7 Å². The zero-order chi connectivity index (χ0) is 16.0. The third-order valence-electron chi connectivity index (χ3n) is 3.79. The standard InChI is InChI=1S/C14H17ClFNO3S/c1-8-6-10(21(15,19)20)7-11(12(8)16)13(18)17-14(2,3)9-4-5-9/h6-7,9H,4-5H2,1-3H3,(H,17,18). The molecule has 4 nitrogen and oxygen atoms in total. The first-order valence-corrected chi connectivity index (χ1v) is 8.90. The predicted molar refractivity (Wildman–Crippen MR) is 78.4 cm³/mol. The van der Waals surface area contributed by atoms with Crippen LogP contribution in [-0.2, 0) is 9.05 Å². The zero-order valence-corrected chi connectivity index (χ0v) is 13.6. The van der Waals surface area contributed by atoms with Gasteiger partial charge in [-0.3, -0.25) is 4.79 Å². The molecule has 0 radical (unpaired) electrons. The Morgan fingerprint density at radius 2 is 1.95 bits per heavy atom. The number of hydrogen-bond acceptors (Lipinski definition) is 3. The molecule has 1 aliphatic rings. The second-order valence-electron chi connectivity index (χ2n) is 5.99. The van der Waals surface area contributed by atoms with Gasteiger partial charge < -0.3 is 5.32 Å². The van der Waals surface area contributed by atoms with E-state index in [2.05, 4.69) is 5.32 Å².